The van der Waals surface area contributed by atoms with Gasteiger partial charge in [-0.15, -0.1) is 0 Å². The lowest BCUT2D eigenvalue weighted by Gasteiger charge is -2.25. The first-order chi connectivity index (χ1) is 19.1. The number of amides is 2. The van der Waals surface area contributed by atoms with E-state index in [4.69, 9.17) is 23.2 Å². The molecular formula is C30H23Cl2FN4O2S. The maximum Gasteiger partial charge on any atom is 0.325 e. The van der Waals surface area contributed by atoms with E-state index in [0.29, 0.717) is 55.5 Å². The number of thiazole rings is 1. The molecule has 6 nitrogen and oxygen atoms in total. The molecule has 4 aromatic carbocycles. The number of aromatic nitrogens is 1. The number of phenols is 1. The van der Waals surface area contributed by atoms with Gasteiger partial charge < -0.3 is 15.3 Å². The van der Waals surface area contributed by atoms with E-state index >= 15 is 4.39 Å². The normalized spacial score (nSPS) is 13.9. The molecule has 0 radical (unpaired) electrons. The van der Waals surface area contributed by atoms with Crippen LogP contribution in [0.25, 0.3) is 21.3 Å². The highest BCUT2D eigenvalue weighted by atomic mass is 35.5. The molecular weight excluding hydrogens is 570 g/mol. The molecule has 6 rings (SSSR count). The van der Waals surface area contributed by atoms with Crippen molar-refractivity contribution in [2.24, 2.45) is 0 Å². The molecule has 0 saturated heterocycles. The minimum atomic E-state index is -0.540. The van der Waals surface area contributed by atoms with Gasteiger partial charge in [0.2, 0.25) is 0 Å². The number of anilines is 4. The van der Waals surface area contributed by atoms with Gasteiger partial charge >= 0.3 is 6.03 Å². The quantitative estimate of drug-likeness (QED) is 0.194. The van der Waals surface area contributed by atoms with Crippen molar-refractivity contribution in [2.75, 3.05) is 22.1 Å². The van der Waals surface area contributed by atoms with Gasteiger partial charge in [0.1, 0.15) is 11.6 Å². The van der Waals surface area contributed by atoms with Gasteiger partial charge in [-0.25, -0.2) is 14.2 Å². The Morgan fingerprint density at radius 1 is 1.02 bits per heavy atom. The lowest BCUT2D eigenvalue weighted by atomic mass is 9.81. The van der Waals surface area contributed by atoms with Crippen LogP contribution in [0.2, 0.25) is 10.0 Å². The number of para-hydroxylation sites is 2. The molecule has 0 spiro atoms. The number of rotatable bonds is 4. The van der Waals surface area contributed by atoms with Crippen molar-refractivity contribution in [1.29, 1.82) is 0 Å². The lowest BCUT2D eigenvalue weighted by molar-refractivity contribution is 0.262. The standard InChI is InChI=1S/C30H23Cl2FN4O2S/c1-30(2)15-37(27-23(38)14-19(33)25(26(27)30)16-7-9-17(31)10-8-16)22-6-4-3-5-20(22)34-28(39)36-29-35-21-12-11-18(32)13-24(21)40-29/h3-14,38H,15H2,1-2H3,(H2,34,35,36,39). The fourth-order valence-corrected chi connectivity index (χ4v) is 6.50. The molecule has 3 N–H and O–H groups in total. The summed E-state index contributed by atoms with van der Waals surface area (Å²) in [6.45, 7) is 4.46. The Bertz CT molecular complexity index is 1790. The average Bonchev–Trinajstić information content (AvgIpc) is 3.42. The van der Waals surface area contributed by atoms with E-state index in [1.165, 1.54) is 11.3 Å². The molecule has 0 aliphatic carbocycles. The molecule has 1 aliphatic heterocycles. The number of carbonyl (C=O) groups is 1. The number of nitrogens with one attached hydrogen (secondary N) is 2. The summed E-state index contributed by atoms with van der Waals surface area (Å²) in [5, 5.41) is 18.3. The largest absolute Gasteiger partial charge is 0.506 e. The first-order valence-corrected chi connectivity index (χ1v) is 14.0. The Morgan fingerprint density at radius 2 is 1.75 bits per heavy atom. The molecule has 0 saturated carbocycles. The summed E-state index contributed by atoms with van der Waals surface area (Å²) < 4.78 is 16.3. The molecule has 0 atom stereocenters. The van der Waals surface area contributed by atoms with Crippen molar-refractivity contribution in [1.82, 2.24) is 4.98 Å². The third-order valence-corrected chi connectivity index (χ3v) is 8.30. The number of benzene rings is 4. The fourth-order valence-electron chi connectivity index (χ4n) is 5.23. The molecule has 0 bridgehead atoms. The van der Waals surface area contributed by atoms with Gasteiger partial charge in [-0.05, 0) is 53.6 Å². The minimum absolute atomic E-state index is 0.178. The van der Waals surface area contributed by atoms with Crippen molar-refractivity contribution in [3.63, 3.8) is 0 Å². The molecule has 2 heterocycles. The van der Waals surface area contributed by atoms with Crippen molar-refractivity contribution in [3.05, 3.63) is 94.2 Å². The minimum Gasteiger partial charge on any atom is -0.506 e. The summed E-state index contributed by atoms with van der Waals surface area (Å²) in [7, 11) is 0. The van der Waals surface area contributed by atoms with E-state index < -0.39 is 17.3 Å². The van der Waals surface area contributed by atoms with Gasteiger partial charge in [-0.1, -0.05) is 72.7 Å². The maximum absolute atomic E-state index is 15.4. The topological polar surface area (TPSA) is 77.5 Å². The van der Waals surface area contributed by atoms with Crippen molar-refractivity contribution in [3.8, 4) is 16.9 Å². The Balaban J connectivity index is 1.36. The number of aromatic hydroxyl groups is 1. The van der Waals surface area contributed by atoms with Crippen molar-refractivity contribution in [2.45, 2.75) is 19.3 Å². The SMILES string of the molecule is CC1(C)CN(c2ccccc2NC(=O)Nc2nc3ccc(Cl)cc3s2)c2c(O)cc(F)c(-c3ccc(Cl)cc3)c21. The molecule has 1 aliphatic rings. The number of fused-ring (bicyclic) bond motifs is 2. The smallest absolute Gasteiger partial charge is 0.325 e. The van der Waals surface area contributed by atoms with Gasteiger partial charge in [-0.3, -0.25) is 5.32 Å². The zero-order chi connectivity index (χ0) is 28.2. The molecule has 0 unspecified atom stereocenters. The van der Waals surface area contributed by atoms with Gasteiger partial charge in [0.05, 0.1) is 27.3 Å². The Morgan fingerprint density at radius 3 is 2.52 bits per heavy atom. The fraction of sp³-hybridized carbons (Fsp3) is 0.133. The predicted molar refractivity (Wildman–Crippen MR) is 162 cm³/mol. The Kier molecular flexibility index (Phi) is 6.57. The monoisotopic (exact) mass is 592 g/mol. The highest BCUT2D eigenvalue weighted by Gasteiger charge is 2.42. The molecule has 1 aromatic heterocycles. The van der Waals surface area contributed by atoms with E-state index in [2.05, 4.69) is 15.6 Å². The second-order valence-electron chi connectivity index (χ2n) is 10.2. The van der Waals surface area contributed by atoms with Crippen LogP contribution in [0.15, 0.2) is 72.8 Å². The van der Waals surface area contributed by atoms with Gasteiger partial charge in [0.25, 0.3) is 0 Å². The second kappa shape index (κ2) is 9.96. The van der Waals surface area contributed by atoms with Crippen LogP contribution < -0.4 is 15.5 Å². The zero-order valence-electron chi connectivity index (χ0n) is 21.4. The van der Waals surface area contributed by atoms with E-state index in [1.807, 2.05) is 36.9 Å². The molecule has 40 heavy (non-hydrogen) atoms. The summed E-state index contributed by atoms with van der Waals surface area (Å²) >= 11 is 13.5. The van der Waals surface area contributed by atoms with Crippen LogP contribution in [0.5, 0.6) is 5.75 Å². The van der Waals surface area contributed by atoms with Crippen LogP contribution in [0, 0.1) is 5.82 Å². The first-order valence-electron chi connectivity index (χ1n) is 12.4. The molecule has 5 aromatic rings. The number of hydrogen-bond donors (Lipinski definition) is 3. The van der Waals surface area contributed by atoms with Gasteiger partial charge in [0.15, 0.2) is 5.13 Å². The van der Waals surface area contributed by atoms with E-state index in [9.17, 15) is 9.90 Å². The van der Waals surface area contributed by atoms with Crippen LogP contribution in [0.1, 0.15) is 19.4 Å². The van der Waals surface area contributed by atoms with Crippen LogP contribution >= 0.6 is 34.5 Å². The van der Waals surface area contributed by atoms with Crippen LogP contribution in [-0.2, 0) is 5.41 Å². The average molecular weight is 594 g/mol. The number of urea groups is 1. The second-order valence-corrected chi connectivity index (χ2v) is 12.1. The predicted octanol–water partition coefficient (Wildman–Crippen LogP) is 9.19. The highest BCUT2D eigenvalue weighted by Crippen LogP contribution is 2.54. The summed E-state index contributed by atoms with van der Waals surface area (Å²) in [5.41, 5.74) is 3.62. The highest BCUT2D eigenvalue weighted by molar-refractivity contribution is 7.22. The van der Waals surface area contributed by atoms with E-state index in [1.54, 1.807) is 48.5 Å². The number of nitrogens with zero attached hydrogens (tertiary/aromatic N) is 2. The number of phenolic OH excluding ortho intramolecular Hbond substituents is 1. The summed E-state index contributed by atoms with van der Waals surface area (Å²) in [4.78, 5) is 19.4. The molecule has 0 fully saturated rings. The van der Waals surface area contributed by atoms with Crippen LogP contribution in [-0.4, -0.2) is 22.7 Å². The Hall–Kier alpha value is -3.85. The van der Waals surface area contributed by atoms with Gasteiger partial charge in [-0.2, -0.15) is 0 Å². The summed E-state index contributed by atoms with van der Waals surface area (Å²) in [6.07, 6.45) is 0. The number of halogens is 3. The third-order valence-electron chi connectivity index (χ3n) is 6.88. The molecule has 2 amide bonds. The van der Waals surface area contributed by atoms with Crippen molar-refractivity contribution >= 4 is 73.0 Å². The number of carbonyl (C=O) groups excluding carboxylic acids is 1. The summed E-state index contributed by atoms with van der Waals surface area (Å²) in [6, 6.07) is 20.3. The van der Waals surface area contributed by atoms with Crippen LogP contribution in [0.3, 0.4) is 0 Å². The van der Waals surface area contributed by atoms with Crippen molar-refractivity contribution < 1.29 is 14.3 Å². The third kappa shape index (κ3) is 4.72. The zero-order valence-corrected chi connectivity index (χ0v) is 23.8. The first kappa shape index (κ1) is 26.4. The number of hydrogen-bond acceptors (Lipinski definition) is 5. The van der Waals surface area contributed by atoms with Crippen LogP contribution in [0.4, 0.5) is 31.4 Å². The molecule has 202 valence electrons. The molecule has 10 heteroatoms. The lowest BCUT2D eigenvalue weighted by Crippen LogP contribution is -2.27. The summed E-state index contributed by atoms with van der Waals surface area (Å²) in [5.74, 6) is -0.695. The van der Waals surface area contributed by atoms with Gasteiger partial charge in [0, 0.05) is 33.6 Å². The maximum atomic E-state index is 15.4. The van der Waals surface area contributed by atoms with E-state index in [-0.39, 0.29) is 5.75 Å². The Labute approximate surface area is 244 Å². The van der Waals surface area contributed by atoms with E-state index in [0.717, 1.165) is 16.3 Å².